The Bertz CT molecular complexity index is 590. The van der Waals surface area contributed by atoms with Crippen molar-refractivity contribution >= 4 is 22.0 Å². The zero-order valence-corrected chi connectivity index (χ0v) is 11.8. The minimum Gasteiger partial charge on any atom is -0.480 e. The van der Waals surface area contributed by atoms with E-state index in [1.54, 1.807) is 6.92 Å². The van der Waals surface area contributed by atoms with Crippen molar-refractivity contribution in [1.29, 1.82) is 0 Å². The molecule has 0 aliphatic heterocycles. The van der Waals surface area contributed by atoms with Gasteiger partial charge < -0.3 is 14.3 Å². The molecule has 1 heterocycles. The zero-order chi connectivity index (χ0) is 15.3. The number of rotatable bonds is 7. The molecule has 0 aromatic carbocycles. The summed E-state index contributed by atoms with van der Waals surface area (Å²) in [6, 6.07) is 2.25. The summed E-state index contributed by atoms with van der Waals surface area (Å²) in [6.07, 6.45) is 0.442. The van der Waals surface area contributed by atoms with Gasteiger partial charge in [-0.25, -0.2) is 13.2 Å². The molecule has 0 fully saturated rings. The Labute approximate surface area is 116 Å². The Morgan fingerprint density at radius 3 is 2.55 bits per heavy atom. The molecule has 1 aromatic heterocycles. The predicted molar refractivity (Wildman–Crippen MR) is 66.7 cm³/mol. The molecule has 0 saturated carbocycles. The first-order chi connectivity index (χ1) is 9.32. The molecule has 0 spiro atoms. The maximum atomic E-state index is 12.2. The molecule has 9 heteroatoms. The van der Waals surface area contributed by atoms with E-state index in [0.717, 1.165) is 23.5 Å². The average molecular weight is 305 g/mol. The fraction of sp³-hybridized carbons (Fsp3) is 0.455. The first-order valence-corrected chi connectivity index (χ1v) is 7.17. The van der Waals surface area contributed by atoms with Gasteiger partial charge in [-0.15, -0.1) is 0 Å². The summed E-state index contributed by atoms with van der Waals surface area (Å²) in [7, 11) is -2.97. The molecule has 0 aliphatic carbocycles. The van der Waals surface area contributed by atoms with Crippen LogP contribution in [0.1, 0.15) is 23.9 Å². The second-order valence-electron chi connectivity index (χ2n) is 3.84. The second-order valence-corrected chi connectivity index (χ2v) is 5.71. The summed E-state index contributed by atoms with van der Waals surface area (Å²) in [6.45, 7) is 1.07. The first kappa shape index (κ1) is 16.2. The highest BCUT2D eigenvalue weighted by Gasteiger charge is 2.29. The van der Waals surface area contributed by atoms with Crippen LogP contribution < -0.4 is 0 Å². The zero-order valence-electron chi connectivity index (χ0n) is 11.0. The number of furan rings is 1. The molecule has 0 aliphatic rings. The molecule has 0 saturated heterocycles. The number of sulfonamides is 1. The van der Waals surface area contributed by atoms with Crippen molar-refractivity contribution in [1.82, 2.24) is 4.31 Å². The molecule has 0 bridgehead atoms. The van der Waals surface area contributed by atoms with Gasteiger partial charge in [-0.05, 0) is 18.6 Å². The topological polar surface area (TPSA) is 114 Å². The van der Waals surface area contributed by atoms with Crippen LogP contribution >= 0.6 is 0 Å². The van der Waals surface area contributed by atoms with Gasteiger partial charge in [0.05, 0.1) is 7.11 Å². The number of nitrogens with zero attached hydrogens (tertiary/aromatic N) is 1. The van der Waals surface area contributed by atoms with Crippen molar-refractivity contribution in [3.05, 3.63) is 17.9 Å². The number of carbonyl (C=O) groups excluding carboxylic acids is 1. The average Bonchev–Trinajstić information content (AvgIpc) is 2.87. The van der Waals surface area contributed by atoms with Gasteiger partial charge in [-0.1, -0.05) is 6.92 Å². The van der Waals surface area contributed by atoms with E-state index in [0.29, 0.717) is 6.42 Å². The van der Waals surface area contributed by atoms with E-state index in [2.05, 4.69) is 4.74 Å². The van der Waals surface area contributed by atoms with E-state index in [9.17, 15) is 18.0 Å². The van der Waals surface area contributed by atoms with E-state index in [4.69, 9.17) is 9.52 Å². The van der Waals surface area contributed by atoms with Crippen LogP contribution in [0.2, 0.25) is 0 Å². The van der Waals surface area contributed by atoms with Gasteiger partial charge in [-0.3, -0.25) is 4.79 Å². The van der Waals surface area contributed by atoms with Gasteiger partial charge in [0.15, 0.2) is 0 Å². The molecule has 20 heavy (non-hydrogen) atoms. The second kappa shape index (κ2) is 6.53. The van der Waals surface area contributed by atoms with Crippen molar-refractivity contribution < 1.29 is 32.3 Å². The number of methoxy groups -OCH3 is 1. The molecule has 0 amide bonds. The number of carbonyl (C=O) groups is 2. The molecule has 1 N–H and O–H groups in total. The molecule has 1 rings (SSSR count). The quantitative estimate of drug-likeness (QED) is 0.731. The Hall–Kier alpha value is -1.87. The number of aliphatic carboxylic acids is 1. The highest BCUT2D eigenvalue weighted by Crippen LogP contribution is 2.19. The molecule has 0 radical (unpaired) electrons. The van der Waals surface area contributed by atoms with Crippen LogP contribution in [0.5, 0.6) is 0 Å². The van der Waals surface area contributed by atoms with Gasteiger partial charge >= 0.3 is 11.9 Å². The first-order valence-electron chi connectivity index (χ1n) is 5.73. The van der Waals surface area contributed by atoms with Gasteiger partial charge in [0, 0.05) is 6.54 Å². The Kier molecular flexibility index (Phi) is 5.28. The SMILES string of the molecule is CCCN(CC(=O)O)S(=O)(=O)c1ccc(C(=O)OC)o1. The van der Waals surface area contributed by atoms with E-state index < -0.39 is 33.6 Å². The molecule has 0 unspecified atom stereocenters. The predicted octanol–water partition coefficient (Wildman–Crippen LogP) is 0.551. The van der Waals surface area contributed by atoms with Crippen LogP contribution in [0.3, 0.4) is 0 Å². The van der Waals surface area contributed by atoms with Gasteiger partial charge in [0.2, 0.25) is 10.9 Å². The van der Waals surface area contributed by atoms with Gasteiger partial charge in [-0.2, -0.15) is 4.31 Å². The summed E-state index contributed by atoms with van der Waals surface area (Å²) in [4.78, 5) is 21.9. The van der Waals surface area contributed by atoms with Crippen molar-refractivity contribution in [3.63, 3.8) is 0 Å². The summed E-state index contributed by atoms with van der Waals surface area (Å²) in [5.74, 6) is -2.36. The standard InChI is InChI=1S/C11H15NO7S/c1-3-6-12(7-9(13)14)20(16,17)10-5-4-8(19-10)11(15)18-2/h4-5H,3,6-7H2,1-2H3,(H,13,14). The summed E-state index contributed by atoms with van der Waals surface area (Å²) in [5.41, 5.74) is 0. The van der Waals surface area contributed by atoms with Crippen molar-refractivity contribution in [3.8, 4) is 0 Å². The molecule has 0 atom stereocenters. The van der Waals surface area contributed by atoms with Gasteiger partial charge in [0.1, 0.15) is 6.54 Å². The maximum absolute atomic E-state index is 12.2. The normalized spacial score (nSPS) is 11.6. The van der Waals surface area contributed by atoms with Crippen molar-refractivity contribution in [2.75, 3.05) is 20.2 Å². The fourth-order valence-corrected chi connectivity index (χ4v) is 2.87. The molecular weight excluding hydrogens is 290 g/mol. The number of carboxylic acid groups (broad SMARTS) is 1. The van der Waals surface area contributed by atoms with Crippen LogP contribution in [0.25, 0.3) is 0 Å². The summed E-state index contributed by atoms with van der Waals surface area (Å²) < 4.78 is 34.5. The number of ether oxygens (including phenoxy) is 1. The minimum absolute atomic E-state index is 0.0306. The largest absolute Gasteiger partial charge is 0.480 e. The third kappa shape index (κ3) is 3.58. The highest BCUT2D eigenvalue weighted by atomic mass is 32.2. The monoisotopic (exact) mass is 305 g/mol. The third-order valence-corrected chi connectivity index (χ3v) is 4.07. The molecular formula is C11H15NO7S. The third-order valence-electron chi connectivity index (χ3n) is 2.35. The van der Waals surface area contributed by atoms with Crippen LogP contribution in [0, 0.1) is 0 Å². The van der Waals surface area contributed by atoms with Crippen LogP contribution in [-0.4, -0.2) is 50.0 Å². The van der Waals surface area contributed by atoms with E-state index in [1.165, 1.54) is 0 Å². The van der Waals surface area contributed by atoms with E-state index in [-0.39, 0.29) is 12.3 Å². The number of hydrogen-bond donors (Lipinski definition) is 1. The molecule has 8 nitrogen and oxygen atoms in total. The lowest BCUT2D eigenvalue weighted by Crippen LogP contribution is -2.36. The van der Waals surface area contributed by atoms with Gasteiger partial charge in [0.25, 0.3) is 10.0 Å². The van der Waals surface area contributed by atoms with Crippen molar-refractivity contribution in [2.24, 2.45) is 0 Å². The maximum Gasteiger partial charge on any atom is 0.374 e. The van der Waals surface area contributed by atoms with Crippen molar-refractivity contribution in [2.45, 2.75) is 18.4 Å². The van der Waals surface area contributed by atoms with Crippen LogP contribution in [0.4, 0.5) is 0 Å². The summed E-state index contributed by atoms with van der Waals surface area (Å²) >= 11 is 0. The van der Waals surface area contributed by atoms with E-state index >= 15 is 0 Å². The lowest BCUT2D eigenvalue weighted by atomic mass is 10.5. The lowest BCUT2D eigenvalue weighted by molar-refractivity contribution is -0.137. The molecule has 1 aromatic rings. The fourth-order valence-electron chi connectivity index (χ4n) is 1.48. The van der Waals surface area contributed by atoms with E-state index in [1.807, 2.05) is 0 Å². The number of hydrogen-bond acceptors (Lipinski definition) is 6. The summed E-state index contributed by atoms with van der Waals surface area (Å²) in [5, 5.41) is 8.25. The highest BCUT2D eigenvalue weighted by molar-refractivity contribution is 7.89. The minimum atomic E-state index is -4.10. The number of esters is 1. The Balaban J connectivity index is 3.09. The van der Waals surface area contributed by atoms with Crippen LogP contribution in [0.15, 0.2) is 21.6 Å². The van der Waals surface area contributed by atoms with Crippen LogP contribution in [-0.2, 0) is 19.6 Å². The Morgan fingerprint density at radius 2 is 2.05 bits per heavy atom. The molecule has 112 valence electrons. The number of carboxylic acids is 1. The smallest absolute Gasteiger partial charge is 0.374 e. The Morgan fingerprint density at radius 1 is 1.40 bits per heavy atom. The lowest BCUT2D eigenvalue weighted by Gasteiger charge is -2.17.